The van der Waals surface area contributed by atoms with Crippen LogP contribution in [0, 0.1) is 0 Å². The van der Waals surface area contributed by atoms with Crippen LogP contribution in [0.1, 0.15) is 22.2 Å². The summed E-state index contributed by atoms with van der Waals surface area (Å²) in [5, 5.41) is 1.90. The predicted octanol–water partition coefficient (Wildman–Crippen LogP) is 4.96. The maximum Gasteiger partial charge on any atom is 0.289 e. The molecule has 4 rings (SSSR count). The molecule has 1 atom stereocenters. The number of carbonyl (C=O) groups excluding carboxylic acids is 1. The van der Waals surface area contributed by atoms with Gasteiger partial charge in [0.05, 0.1) is 20.3 Å². The highest BCUT2D eigenvalue weighted by molar-refractivity contribution is 6.34. The molecule has 0 saturated carbocycles. The largest absolute Gasteiger partial charge is 0.493 e. The van der Waals surface area contributed by atoms with Crippen LogP contribution >= 0.6 is 23.2 Å². The van der Waals surface area contributed by atoms with Gasteiger partial charge in [0.1, 0.15) is 6.10 Å². The van der Waals surface area contributed by atoms with Gasteiger partial charge in [0.25, 0.3) is 5.91 Å². The fourth-order valence-corrected chi connectivity index (χ4v) is 3.80. The van der Waals surface area contributed by atoms with Crippen molar-refractivity contribution in [3.8, 4) is 5.75 Å². The van der Waals surface area contributed by atoms with Gasteiger partial charge in [0, 0.05) is 22.0 Å². The van der Waals surface area contributed by atoms with Crippen LogP contribution in [0.25, 0.3) is 11.0 Å². The first-order valence-corrected chi connectivity index (χ1v) is 9.24. The van der Waals surface area contributed by atoms with Crippen molar-refractivity contribution in [1.82, 2.24) is 4.90 Å². The molecule has 0 radical (unpaired) electrons. The Kier molecular flexibility index (Phi) is 5.00. The van der Waals surface area contributed by atoms with Crippen molar-refractivity contribution in [1.29, 1.82) is 0 Å². The first kappa shape index (κ1) is 18.2. The van der Waals surface area contributed by atoms with E-state index in [0.29, 0.717) is 41.1 Å². The Morgan fingerprint density at radius 3 is 2.70 bits per heavy atom. The number of halogens is 2. The van der Waals surface area contributed by atoms with Gasteiger partial charge in [-0.3, -0.25) is 4.79 Å². The molecule has 1 aromatic heterocycles. The molecule has 1 aliphatic rings. The summed E-state index contributed by atoms with van der Waals surface area (Å²) < 4.78 is 16.9. The van der Waals surface area contributed by atoms with Crippen molar-refractivity contribution >= 4 is 40.1 Å². The Morgan fingerprint density at radius 2 is 1.96 bits per heavy atom. The van der Waals surface area contributed by atoms with Gasteiger partial charge >= 0.3 is 0 Å². The first-order valence-electron chi connectivity index (χ1n) is 8.48. The number of methoxy groups -OCH3 is 1. The highest BCUT2D eigenvalue weighted by atomic mass is 35.5. The zero-order chi connectivity index (χ0) is 19.0. The van der Waals surface area contributed by atoms with E-state index in [1.165, 1.54) is 0 Å². The van der Waals surface area contributed by atoms with Gasteiger partial charge in [0.15, 0.2) is 17.1 Å². The summed E-state index contributed by atoms with van der Waals surface area (Å²) in [7, 11) is 1.57. The summed E-state index contributed by atoms with van der Waals surface area (Å²) >= 11 is 12.2. The summed E-state index contributed by atoms with van der Waals surface area (Å²) in [5.41, 5.74) is 1.41. The number of nitrogens with zero attached hydrogens (tertiary/aromatic N) is 1. The third kappa shape index (κ3) is 3.63. The molecular weight excluding hydrogens is 389 g/mol. The molecular formula is C20H17Cl2NO4. The van der Waals surface area contributed by atoms with Crippen LogP contribution in [0.15, 0.2) is 46.9 Å². The van der Waals surface area contributed by atoms with Crippen LogP contribution in [0.2, 0.25) is 10.0 Å². The van der Waals surface area contributed by atoms with Crippen molar-refractivity contribution in [2.45, 2.75) is 6.10 Å². The second kappa shape index (κ2) is 7.43. The molecule has 0 unspecified atom stereocenters. The molecule has 5 nitrogen and oxygen atoms in total. The molecule has 0 spiro atoms. The van der Waals surface area contributed by atoms with E-state index in [-0.39, 0.29) is 17.8 Å². The maximum absolute atomic E-state index is 13.0. The Hall–Kier alpha value is -2.21. The number of ether oxygens (including phenoxy) is 2. The van der Waals surface area contributed by atoms with Gasteiger partial charge in [-0.15, -0.1) is 0 Å². The molecule has 3 aromatic rings. The number of para-hydroxylation sites is 1. The molecule has 0 aliphatic carbocycles. The number of amides is 1. The Bertz CT molecular complexity index is 981. The van der Waals surface area contributed by atoms with Crippen LogP contribution in [-0.4, -0.2) is 37.6 Å². The van der Waals surface area contributed by atoms with E-state index in [4.69, 9.17) is 37.1 Å². The number of furan rings is 1. The quantitative estimate of drug-likeness (QED) is 0.617. The van der Waals surface area contributed by atoms with E-state index in [2.05, 4.69) is 0 Å². The maximum atomic E-state index is 13.0. The lowest BCUT2D eigenvalue weighted by molar-refractivity contribution is -0.0237. The second-order valence-corrected chi connectivity index (χ2v) is 7.18. The van der Waals surface area contributed by atoms with Gasteiger partial charge in [0.2, 0.25) is 0 Å². The van der Waals surface area contributed by atoms with Crippen molar-refractivity contribution < 1.29 is 18.7 Å². The highest BCUT2D eigenvalue weighted by Gasteiger charge is 2.28. The Balaban J connectivity index is 1.58. The predicted molar refractivity (Wildman–Crippen MR) is 104 cm³/mol. The summed E-state index contributed by atoms with van der Waals surface area (Å²) in [6.45, 7) is 1.30. The number of fused-ring (bicyclic) bond motifs is 1. The van der Waals surface area contributed by atoms with Crippen molar-refractivity contribution in [2.24, 2.45) is 0 Å². The average Bonchev–Trinajstić information content (AvgIpc) is 3.11. The number of carbonyl (C=O) groups is 1. The van der Waals surface area contributed by atoms with Crippen LogP contribution in [0.4, 0.5) is 0 Å². The van der Waals surface area contributed by atoms with E-state index >= 15 is 0 Å². The second-order valence-electron chi connectivity index (χ2n) is 6.30. The Morgan fingerprint density at radius 1 is 1.19 bits per heavy atom. The minimum Gasteiger partial charge on any atom is -0.493 e. The molecule has 2 heterocycles. The fourth-order valence-electron chi connectivity index (χ4n) is 3.25. The fraction of sp³-hybridized carbons (Fsp3) is 0.250. The molecule has 1 amide bonds. The third-order valence-electron chi connectivity index (χ3n) is 4.55. The first-order chi connectivity index (χ1) is 13.0. The lowest BCUT2D eigenvalue weighted by Gasteiger charge is -2.32. The minimum absolute atomic E-state index is 0.185. The molecule has 0 bridgehead atoms. The third-order valence-corrected chi connectivity index (χ3v) is 4.99. The standard InChI is InChI=1S/C20H17Cl2NO4/c1-25-16-4-2-3-12-9-17(27-19(12)16)20(24)23-5-6-26-18(11-23)13-7-14(21)10-15(22)8-13/h2-4,7-10,18H,5-6,11H2,1H3/t18-/m0/s1. The molecule has 27 heavy (non-hydrogen) atoms. The minimum atomic E-state index is -0.294. The topological polar surface area (TPSA) is 51.9 Å². The monoisotopic (exact) mass is 405 g/mol. The lowest BCUT2D eigenvalue weighted by atomic mass is 10.1. The number of morpholine rings is 1. The van der Waals surface area contributed by atoms with E-state index in [1.807, 2.05) is 12.1 Å². The summed E-state index contributed by atoms with van der Waals surface area (Å²) in [6.07, 6.45) is -0.294. The molecule has 1 saturated heterocycles. The molecule has 7 heteroatoms. The summed E-state index contributed by atoms with van der Waals surface area (Å²) in [6, 6.07) is 12.6. The Labute approximate surface area is 166 Å². The average molecular weight is 406 g/mol. The van der Waals surface area contributed by atoms with E-state index in [0.717, 1.165) is 10.9 Å². The molecule has 140 valence electrons. The van der Waals surface area contributed by atoms with E-state index < -0.39 is 0 Å². The number of benzene rings is 2. The van der Waals surface area contributed by atoms with Gasteiger partial charge in [-0.05, 0) is 35.9 Å². The summed E-state index contributed by atoms with van der Waals surface area (Å²) in [4.78, 5) is 14.7. The van der Waals surface area contributed by atoms with Crippen LogP contribution in [0.5, 0.6) is 5.75 Å². The normalized spacial score (nSPS) is 17.3. The van der Waals surface area contributed by atoms with Gasteiger partial charge in [-0.2, -0.15) is 0 Å². The number of hydrogen-bond acceptors (Lipinski definition) is 4. The van der Waals surface area contributed by atoms with Crippen LogP contribution < -0.4 is 4.74 Å². The molecule has 0 N–H and O–H groups in total. The molecule has 2 aromatic carbocycles. The molecule has 1 fully saturated rings. The van der Waals surface area contributed by atoms with Crippen molar-refractivity contribution in [3.05, 3.63) is 63.8 Å². The summed E-state index contributed by atoms with van der Waals surface area (Å²) in [5.74, 6) is 0.689. The van der Waals surface area contributed by atoms with Crippen LogP contribution in [-0.2, 0) is 4.74 Å². The van der Waals surface area contributed by atoms with Crippen molar-refractivity contribution in [3.63, 3.8) is 0 Å². The smallest absolute Gasteiger partial charge is 0.289 e. The number of hydrogen-bond donors (Lipinski definition) is 0. The van der Waals surface area contributed by atoms with Crippen molar-refractivity contribution in [2.75, 3.05) is 26.8 Å². The van der Waals surface area contributed by atoms with Gasteiger partial charge < -0.3 is 18.8 Å². The highest BCUT2D eigenvalue weighted by Crippen LogP contribution is 2.31. The zero-order valence-electron chi connectivity index (χ0n) is 14.6. The zero-order valence-corrected chi connectivity index (χ0v) is 16.1. The van der Waals surface area contributed by atoms with E-state index in [9.17, 15) is 4.79 Å². The lowest BCUT2D eigenvalue weighted by Crippen LogP contribution is -2.42. The van der Waals surface area contributed by atoms with Gasteiger partial charge in [-0.25, -0.2) is 0 Å². The van der Waals surface area contributed by atoms with Gasteiger partial charge in [-0.1, -0.05) is 35.3 Å². The SMILES string of the molecule is COc1cccc2cc(C(=O)N3CCO[C@H](c4cc(Cl)cc(Cl)c4)C3)oc12. The molecule has 1 aliphatic heterocycles. The van der Waals surface area contributed by atoms with Crippen LogP contribution in [0.3, 0.4) is 0 Å². The van der Waals surface area contributed by atoms with E-state index in [1.54, 1.807) is 42.3 Å². The number of rotatable bonds is 3.